The summed E-state index contributed by atoms with van der Waals surface area (Å²) in [5.41, 5.74) is 0. The van der Waals surface area contributed by atoms with Crippen LogP contribution in [0.3, 0.4) is 0 Å². The highest BCUT2D eigenvalue weighted by Gasteiger charge is 2.28. The van der Waals surface area contributed by atoms with Gasteiger partial charge in [0.05, 0.1) is 18.8 Å². The van der Waals surface area contributed by atoms with Crippen molar-refractivity contribution in [3.8, 4) is 0 Å². The van der Waals surface area contributed by atoms with E-state index in [1.807, 2.05) is 0 Å². The van der Waals surface area contributed by atoms with Crippen LogP contribution in [0, 0.1) is 5.92 Å². The Morgan fingerprint density at radius 3 is 2.60 bits per heavy atom. The summed E-state index contributed by atoms with van der Waals surface area (Å²) >= 11 is 0. The van der Waals surface area contributed by atoms with Gasteiger partial charge < -0.3 is 20.5 Å². The van der Waals surface area contributed by atoms with E-state index < -0.39 is 6.10 Å². The van der Waals surface area contributed by atoms with E-state index in [0.29, 0.717) is 32.3 Å². The van der Waals surface area contributed by atoms with Crippen LogP contribution in [0.5, 0.6) is 0 Å². The molecule has 0 heterocycles. The maximum absolute atomic E-state index is 11.4. The first-order valence-corrected chi connectivity index (χ1v) is 8.04. The molecule has 5 nitrogen and oxygen atoms in total. The number of carbonyl (C=O) groups excluding carboxylic acids is 1. The molecule has 0 bridgehead atoms. The fourth-order valence-electron chi connectivity index (χ4n) is 2.57. The van der Waals surface area contributed by atoms with Crippen molar-refractivity contribution < 1.29 is 14.6 Å². The number of hydrogen-bond donors (Lipinski definition) is 3. The van der Waals surface area contributed by atoms with Gasteiger partial charge in [-0.25, -0.2) is 0 Å². The largest absolute Gasteiger partial charge is 0.389 e. The zero-order valence-corrected chi connectivity index (χ0v) is 12.3. The van der Waals surface area contributed by atoms with Crippen LogP contribution < -0.4 is 10.6 Å². The highest BCUT2D eigenvalue weighted by Crippen LogP contribution is 2.28. The third kappa shape index (κ3) is 6.20. The Balaban J connectivity index is 1.41. The predicted octanol–water partition coefficient (Wildman–Crippen LogP) is 0.812. The maximum atomic E-state index is 11.4. The molecule has 116 valence electrons. The van der Waals surface area contributed by atoms with Gasteiger partial charge in [0.1, 0.15) is 0 Å². The van der Waals surface area contributed by atoms with E-state index in [9.17, 15) is 9.90 Å². The van der Waals surface area contributed by atoms with Crippen molar-refractivity contribution in [2.45, 2.75) is 57.2 Å². The average molecular weight is 284 g/mol. The Labute approximate surface area is 121 Å². The van der Waals surface area contributed by atoms with Crippen molar-refractivity contribution >= 4 is 5.91 Å². The number of aliphatic hydroxyl groups excluding tert-OH is 1. The van der Waals surface area contributed by atoms with Crippen molar-refractivity contribution in [1.82, 2.24) is 10.6 Å². The molecule has 0 saturated heterocycles. The van der Waals surface area contributed by atoms with Crippen LogP contribution in [0.15, 0.2) is 0 Å². The zero-order valence-electron chi connectivity index (χ0n) is 12.3. The second-order valence-electron chi connectivity index (χ2n) is 6.02. The minimum Gasteiger partial charge on any atom is -0.389 e. The van der Waals surface area contributed by atoms with Gasteiger partial charge in [-0.15, -0.1) is 0 Å². The van der Waals surface area contributed by atoms with Crippen LogP contribution in [0.4, 0.5) is 0 Å². The number of aliphatic hydroxyl groups is 1. The van der Waals surface area contributed by atoms with Crippen LogP contribution in [-0.2, 0) is 9.53 Å². The van der Waals surface area contributed by atoms with Gasteiger partial charge in [-0.05, 0) is 25.7 Å². The number of hydrogen-bond acceptors (Lipinski definition) is 4. The summed E-state index contributed by atoms with van der Waals surface area (Å²) in [5, 5.41) is 15.8. The summed E-state index contributed by atoms with van der Waals surface area (Å²) in [7, 11) is 0. The summed E-state index contributed by atoms with van der Waals surface area (Å²) in [4.78, 5) is 11.4. The molecule has 3 N–H and O–H groups in total. The second-order valence-corrected chi connectivity index (χ2v) is 6.02. The highest BCUT2D eigenvalue weighted by atomic mass is 16.5. The quantitative estimate of drug-likeness (QED) is 0.548. The molecule has 1 atom stereocenters. The molecule has 2 rings (SSSR count). The van der Waals surface area contributed by atoms with Gasteiger partial charge >= 0.3 is 0 Å². The fourth-order valence-corrected chi connectivity index (χ4v) is 2.57. The van der Waals surface area contributed by atoms with E-state index in [4.69, 9.17) is 4.74 Å². The van der Waals surface area contributed by atoms with Crippen molar-refractivity contribution in [1.29, 1.82) is 0 Å². The van der Waals surface area contributed by atoms with Crippen molar-refractivity contribution in [2.24, 2.45) is 5.92 Å². The molecule has 0 spiro atoms. The van der Waals surface area contributed by atoms with Gasteiger partial charge in [-0.1, -0.05) is 19.3 Å². The lowest BCUT2D eigenvalue weighted by Gasteiger charge is -2.23. The van der Waals surface area contributed by atoms with Crippen molar-refractivity contribution in [2.75, 3.05) is 26.2 Å². The molecule has 2 aliphatic carbocycles. The Kier molecular flexibility index (Phi) is 6.76. The minimum absolute atomic E-state index is 0.174. The van der Waals surface area contributed by atoms with E-state index in [1.165, 1.54) is 19.3 Å². The normalized spacial score (nSPS) is 21.6. The minimum atomic E-state index is -0.462. The van der Waals surface area contributed by atoms with Gasteiger partial charge in [0.2, 0.25) is 5.91 Å². The molecule has 2 saturated carbocycles. The second kappa shape index (κ2) is 8.60. The smallest absolute Gasteiger partial charge is 0.223 e. The number of ether oxygens (including phenoxy) is 1. The molecule has 1 unspecified atom stereocenters. The number of amides is 1. The topological polar surface area (TPSA) is 70.6 Å². The molecule has 0 aromatic rings. The third-order valence-electron chi connectivity index (χ3n) is 4.01. The van der Waals surface area contributed by atoms with Crippen LogP contribution in [0.2, 0.25) is 0 Å². The van der Waals surface area contributed by atoms with Crippen LogP contribution in [-0.4, -0.2) is 49.5 Å². The summed E-state index contributed by atoms with van der Waals surface area (Å²) in [5.74, 6) is 0.442. The van der Waals surface area contributed by atoms with E-state index >= 15 is 0 Å². The molecule has 5 heteroatoms. The van der Waals surface area contributed by atoms with Crippen molar-refractivity contribution in [3.05, 3.63) is 0 Å². The highest BCUT2D eigenvalue weighted by molar-refractivity contribution is 5.80. The number of rotatable bonds is 9. The molecule has 0 aromatic carbocycles. The van der Waals surface area contributed by atoms with Gasteiger partial charge in [0.25, 0.3) is 0 Å². The van der Waals surface area contributed by atoms with E-state index in [-0.39, 0.29) is 11.8 Å². The van der Waals surface area contributed by atoms with Crippen LogP contribution in [0.1, 0.15) is 44.9 Å². The maximum Gasteiger partial charge on any atom is 0.223 e. The van der Waals surface area contributed by atoms with Gasteiger partial charge in [0, 0.05) is 25.6 Å². The first-order chi connectivity index (χ1) is 9.75. The predicted molar refractivity (Wildman–Crippen MR) is 77.4 cm³/mol. The summed E-state index contributed by atoms with van der Waals surface area (Å²) in [6.07, 6.45) is 8.04. The molecule has 1 amide bonds. The Bertz CT molecular complexity index is 289. The molecular weight excluding hydrogens is 256 g/mol. The van der Waals surface area contributed by atoms with Crippen molar-refractivity contribution in [3.63, 3.8) is 0 Å². The average Bonchev–Trinajstić information content (AvgIpc) is 3.30. The van der Waals surface area contributed by atoms with E-state index in [2.05, 4.69) is 10.6 Å². The molecule has 0 aromatic heterocycles. The number of nitrogens with one attached hydrogen (secondary N) is 2. The third-order valence-corrected chi connectivity index (χ3v) is 4.01. The lowest BCUT2D eigenvalue weighted by molar-refractivity contribution is -0.122. The Morgan fingerprint density at radius 1 is 1.15 bits per heavy atom. The standard InChI is InChI=1S/C15H28N2O3/c18-13(11-20-14-4-2-1-3-5-14)10-16-8-9-17-15(19)12-6-7-12/h12-14,16,18H,1-11H2,(H,17,19). The summed E-state index contributed by atoms with van der Waals surface area (Å²) in [6, 6.07) is 0. The lowest BCUT2D eigenvalue weighted by Crippen LogP contribution is -2.37. The van der Waals surface area contributed by atoms with Crippen LogP contribution in [0.25, 0.3) is 0 Å². The lowest BCUT2D eigenvalue weighted by atomic mass is 9.98. The van der Waals surface area contributed by atoms with E-state index in [0.717, 1.165) is 25.7 Å². The fraction of sp³-hybridized carbons (Fsp3) is 0.933. The molecule has 0 radical (unpaired) electrons. The summed E-state index contributed by atoms with van der Waals surface area (Å²) < 4.78 is 5.72. The van der Waals surface area contributed by atoms with Gasteiger partial charge in [0.15, 0.2) is 0 Å². The van der Waals surface area contributed by atoms with E-state index in [1.54, 1.807) is 0 Å². The van der Waals surface area contributed by atoms with Gasteiger partial charge in [-0.3, -0.25) is 4.79 Å². The summed E-state index contributed by atoms with van der Waals surface area (Å²) in [6.45, 7) is 2.25. The Morgan fingerprint density at radius 2 is 1.90 bits per heavy atom. The molecule has 2 fully saturated rings. The first-order valence-electron chi connectivity index (χ1n) is 8.04. The molecule has 20 heavy (non-hydrogen) atoms. The monoisotopic (exact) mass is 284 g/mol. The number of carbonyl (C=O) groups is 1. The van der Waals surface area contributed by atoms with Gasteiger partial charge in [-0.2, -0.15) is 0 Å². The SMILES string of the molecule is O=C(NCCNCC(O)COC1CCCCC1)C1CC1. The van der Waals surface area contributed by atoms with Crippen LogP contribution >= 0.6 is 0 Å². The molecule has 2 aliphatic rings. The Hall–Kier alpha value is -0.650. The first kappa shape index (κ1) is 15.7. The molecular formula is C15H28N2O3. The molecule has 0 aliphatic heterocycles. The zero-order chi connectivity index (χ0) is 14.2.